The minimum absolute atomic E-state index is 0.00622. The van der Waals surface area contributed by atoms with Crippen LogP contribution in [-0.2, 0) is 16.0 Å². The summed E-state index contributed by atoms with van der Waals surface area (Å²) < 4.78 is 57.3. The van der Waals surface area contributed by atoms with Gasteiger partial charge >= 0.3 is 12.0 Å². The lowest BCUT2D eigenvalue weighted by molar-refractivity contribution is -0.142. The monoisotopic (exact) mass is 637 g/mol. The minimum atomic E-state index is -0.982. The van der Waals surface area contributed by atoms with Crippen molar-refractivity contribution in [3.05, 3.63) is 47.7 Å². The SMILES string of the molecule is CCc1c(F)ccc2cc(O)cc(-c3ncc4c(N5C[C@H](O)C[C@H]5C(=O)OC)nc(OC[C@@]56CCCN5C[C@H](F)C6)nc4c3F)c12. The maximum absolute atomic E-state index is 16.8. The number of hydrogen-bond acceptors (Lipinski definition) is 10. The number of hydrogen-bond donors (Lipinski definition) is 2. The van der Waals surface area contributed by atoms with E-state index in [4.69, 9.17) is 9.47 Å². The van der Waals surface area contributed by atoms with E-state index in [1.807, 2.05) is 0 Å². The van der Waals surface area contributed by atoms with Crippen LogP contribution < -0.4 is 9.64 Å². The highest BCUT2D eigenvalue weighted by Crippen LogP contribution is 2.42. The van der Waals surface area contributed by atoms with Crippen LogP contribution in [0.25, 0.3) is 32.9 Å². The molecule has 10 nitrogen and oxygen atoms in total. The van der Waals surface area contributed by atoms with E-state index in [1.54, 1.807) is 6.92 Å². The third-order valence-corrected chi connectivity index (χ3v) is 9.66. The van der Waals surface area contributed by atoms with E-state index in [1.165, 1.54) is 42.5 Å². The molecule has 46 heavy (non-hydrogen) atoms. The summed E-state index contributed by atoms with van der Waals surface area (Å²) >= 11 is 0. The third-order valence-electron chi connectivity index (χ3n) is 9.66. The number of aryl methyl sites for hydroxylation is 1. The van der Waals surface area contributed by atoms with E-state index < -0.39 is 41.5 Å². The molecule has 3 aliphatic rings. The van der Waals surface area contributed by atoms with Gasteiger partial charge in [-0.05, 0) is 60.3 Å². The maximum Gasteiger partial charge on any atom is 0.328 e. The van der Waals surface area contributed by atoms with Crippen molar-refractivity contribution in [1.82, 2.24) is 19.9 Å². The number of anilines is 1. The van der Waals surface area contributed by atoms with Gasteiger partial charge in [-0.2, -0.15) is 9.97 Å². The van der Waals surface area contributed by atoms with Crippen molar-refractivity contribution in [2.45, 2.75) is 62.9 Å². The second kappa shape index (κ2) is 11.5. The fourth-order valence-electron chi connectivity index (χ4n) is 7.58. The number of aromatic nitrogens is 3. The summed E-state index contributed by atoms with van der Waals surface area (Å²) in [5, 5.41) is 22.1. The number of esters is 1. The molecule has 0 unspecified atom stereocenters. The first-order valence-electron chi connectivity index (χ1n) is 15.5. The predicted octanol–water partition coefficient (Wildman–Crippen LogP) is 4.46. The average molecular weight is 638 g/mol. The zero-order valence-corrected chi connectivity index (χ0v) is 25.5. The molecule has 13 heteroatoms. The molecule has 2 aromatic heterocycles. The Kier molecular flexibility index (Phi) is 7.63. The zero-order valence-electron chi connectivity index (χ0n) is 25.5. The van der Waals surface area contributed by atoms with E-state index in [0.717, 1.165) is 19.4 Å². The average Bonchev–Trinajstić information content (AvgIpc) is 3.71. The van der Waals surface area contributed by atoms with Gasteiger partial charge in [-0.25, -0.2) is 18.0 Å². The van der Waals surface area contributed by atoms with Gasteiger partial charge in [0.1, 0.15) is 47.4 Å². The number of phenols is 1. The van der Waals surface area contributed by atoms with Crippen molar-refractivity contribution >= 4 is 33.5 Å². The molecule has 0 radical (unpaired) electrons. The van der Waals surface area contributed by atoms with Crippen molar-refractivity contribution in [2.75, 3.05) is 38.3 Å². The van der Waals surface area contributed by atoms with E-state index in [9.17, 15) is 23.8 Å². The van der Waals surface area contributed by atoms with Crippen LogP contribution in [0.4, 0.5) is 19.0 Å². The van der Waals surface area contributed by atoms with Crippen LogP contribution >= 0.6 is 0 Å². The van der Waals surface area contributed by atoms with Gasteiger partial charge in [0.25, 0.3) is 0 Å². The molecule has 0 bridgehead atoms. The lowest BCUT2D eigenvalue weighted by Gasteiger charge is -2.31. The fourth-order valence-corrected chi connectivity index (χ4v) is 7.58. The Hall–Kier alpha value is -4.23. The highest BCUT2D eigenvalue weighted by molar-refractivity contribution is 6.02. The number of carbonyl (C=O) groups is 1. The molecule has 3 aliphatic heterocycles. The van der Waals surface area contributed by atoms with Gasteiger partial charge in [0.05, 0.1) is 24.1 Å². The summed E-state index contributed by atoms with van der Waals surface area (Å²) in [6, 6.07) is 4.53. The van der Waals surface area contributed by atoms with Gasteiger partial charge < -0.3 is 24.6 Å². The van der Waals surface area contributed by atoms with Crippen LogP contribution in [0.5, 0.6) is 11.8 Å². The maximum atomic E-state index is 16.8. The molecule has 242 valence electrons. The fraction of sp³-hybridized carbons (Fsp3) is 0.455. The van der Waals surface area contributed by atoms with Crippen molar-refractivity contribution in [3.8, 4) is 23.0 Å². The highest BCUT2D eigenvalue weighted by atomic mass is 19.1. The first kappa shape index (κ1) is 30.4. The number of benzene rings is 2. The van der Waals surface area contributed by atoms with Gasteiger partial charge in [0.15, 0.2) is 5.82 Å². The Morgan fingerprint density at radius 3 is 2.80 bits per heavy atom. The summed E-state index contributed by atoms with van der Waals surface area (Å²) in [4.78, 5) is 29.8. The first-order chi connectivity index (χ1) is 22.1. The predicted molar refractivity (Wildman–Crippen MR) is 164 cm³/mol. The summed E-state index contributed by atoms with van der Waals surface area (Å²) in [6.45, 7) is 2.94. The normalized spacial score (nSPS) is 24.7. The van der Waals surface area contributed by atoms with Crippen LogP contribution in [0.15, 0.2) is 30.5 Å². The van der Waals surface area contributed by atoms with Crippen LogP contribution in [-0.4, -0.2) is 93.2 Å². The molecule has 5 heterocycles. The van der Waals surface area contributed by atoms with Gasteiger partial charge in [-0.1, -0.05) is 13.0 Å². The number of alkyl halides is 1. The van der Waals surface area contributed by atoms with Crippen molar-refractivity contribution in [1.29, 1.82) is 0 Å². The number of aromatic hydroxyl groups is 1. The van der Waals surface area contributed by atoms with Crippen molar-refractivity contribution < 1.29 is 37.7 Å². The molecule has 3 fully saturated rings. The summed E-state index contributed by atoms with van der Waals surface area (Å²) in [7, 11) is 1.24. The molecule has 2 N–H and O–H groups in total. The van der Waals surface area contributed by atoms with Crippen LogP contribution in [0.1, 0.15) is 38.2 Å². The number of carbonyl (C=O) groups excluding carboxylic acids is 1. The Morgan fingerprint density at radius 2 is 2.02 bits per heavy atom. The smallest absolute Gasteiger partial charge is 0.328 e. The van der Waals surface area contributed by atoms with E-state index in [-0.39, 0.29) is 59.3 Å². The standard InChI is InChI=1S/C33H34F3N5O5/c1-3-21-24(35)6-5-17-9-19(42)10-22(26(17)21)28-27(36)29-23(13-37-28)30(41-15-20(43)11-25(41)31(44)45-2)39-32(38-29)46-16-33-7-4-8-40(33)14-18(34)12-33/h5-6,9-10,13,18,20,25,42-43H,3-4,7-8,11-12,14-16H2,1-2H3/t18-,20-,25+,33+/m1/s1. The van der Waals surface area contributed by atoms with Gasteiger partial charge in [-0.15, -0.1) is 0 Å². The second-order valence-electron chi connectivity index (χ2n) is 12.4. The largest absolute Gasteiger partial charge is 0.508 e. The van der Waals surface area contributed by atoms with Gasteiger partial charge in [0, 0.05) is 37.7 Å². The lowest BCUT2D eigenvalue weighted by atomic mass is 9.94. The molecule has 0 aliphatic carbocycles. The number of nitrogens with zero attached hydrogens (tertiary/aromatic N) is 5. The molecule has 0 amide bonds. The van der Waals surface area contributed by atoms with Crippen LogP contribution in [0, 0.1) is 11.6 Å². The Balaban J connectivity index is 1.40. The molecule has 0 spiro atoms. The number of ether oxygens (including phenoxy) is 2. The number of phenolic OH excluding ortho intramolecular Hbond substituents is 1. The number of fused-ring (bicyclic) bond motifs is 3. The van der Waals surface area contributed by atoms with Gasteiger partial charge in [-0.3, -0.25) is 9.88 Å². The van der Waals surface area contributed by atoms with Gasteiger partial charge in [0.2, 0.25) is 0 Å². The molecule has 3 saturated heterocycles. The molecule has 4 aromatic rings. The quantitative estimate of drug-likeness (QED) is 0.281. The molecular weight excluding hydrogens is 603 g/mol. The minimum Gasteiger partial charge on any atom is -0.508 e. The Morgan fingerprint density at radius 1 is 1.20 bits per heavy atom. The topological polar surface area (TPSA) is 121 Å². The number of aliphatic hydroxyl groups is 1. The summed E-state index contributed by atoms with van der Waals surface area (Å²) in [5.41, 5.74) is -0.364. The lowest BCUT2D eigenvalue weighted by Crippen LogP contribution is -2.43. The number of β-amino-alcohol motifs (C(OH)–C–C–N with tert-alkyl or cyclic N) is 1. The molecular formula is C33H34F3N5O5. The zero-order chi connectivity index (χ0) is 32.3. The molecule has 7 rings (SSSR count). The van der Waals surface area contributed by atoms with E-state index in [2.05, 4.69) is 19.9 Å². The van der Waals surface area contributed by atoms with Crippen LogP contribution in [0.2, 0.25) is 0 Å². The van der Waals surface area contributed by atoms with Crippen molar-refractivity contribution in [3.63, 3.8) is 0 Å². The number of rotatable bonds is 7. The van der Waals surface area contributed by atoms with E-state index >= 15 is 4.39 Å². The Bertz CT molecular complexity index is 1860. The number of methoxy groups -OCH3 is 1. The Labute approximate surface area is 262 Å². The number of aliphatic hydroxyl groups excluding tert-OH is 1. The van der Waals surface area contributed by atoms with E-state index in [0.29, 0.717) is 35.7 Å². The first-order valence-corrected chi connectivity index (χ1v) is 15.5. The summed E-state index contributed by atoms with van der Waals surface area (Å²) in [6.07, 6.45) is 1.81. The number of halogens is 3. The van der Waals surface area contributed by atoms with Crippen molar-refractivity contribution in [2.24, 2.45) is 0 Å². The molecule has 4 atom stereocenters. The summed E-state index contributed by atoms with van der Waals surface area (Å²) in [5.74, 6) is -1.98. The molecule has 2 aromatic carbocycles. The highest BCUT2D eigenvalue weighted by Gasteiger charge is 2.49. The van der Waals surface area contributed by atoms with Crippen LogP contribution in [0.3, 0.4) is 0 Å². The third kappa shape index (κ3) is 4.96. The number of pyridine rings is 1. The molecule has 0 saturated carbocycles. The second-order valence-corrected chi connectivity index (χ2v) is 12.4.